The van der Waals surface area contributed by atoms with Gasteiger partial charge in [0.1, 0.15) is 5.75 Å². The van der Waals surface area contributed by atoms with Crippen LogP contribution in [0, 0.1) is 11.6 Å². The average molecular weight is 485 g/mol. The minimum absolute atomic E-state index is 0.0203. The number of benzene rings is 1. The highest BCUT2D eigenvalue weighted by atomic mass is 19.2. The first kappa shape index (κ1) is 19.9. The molecule has 0 amide bonds. The molecule has 2 bridgehead atoms. The lowest BCUT2D eigenvalue weighted by molar-refractivity contribution is 0.207. The van der Waals surface area contributed by atoms with E-state index in [0.717, 1.165) is 37.8 Å². The van der Waals surface area contributed by atoms with Crippen molar-refractivity contribution in [2.45, 2.75) is 56.7 Å². The van der Waals surface area contributed by atoms with Gasteiger partial charge in [-0.1, -0.05) is 0 Å². The lowest BCUT2D eigenvalue weighted by atomic mass is 9.84. The fraction of sp³-hybridized carbons (Fsp3) is 0.423. The lowest BCUT2D eigenvalue weighted by Gasteiger charge is -2.45. The molecule has 0 spiro atoms. The molecule has 5 rings (SSSR count). The summed E-state index contributed by atoms with van der Waals surface area (Å²) in [6.07, 6.45) is 5.35. The van der Waals surface area contributed by atoms with E-state index in [2.05, 4.69) is 39.2 Å². The van der Waals surface area contributed by atoms with Crippen LogP contribution in [0.25, 0.3) is 22.4 Å². The molecular formula is C26H29F2N5O2. The summed E-state index contributed by atoms with van der Waals surface area (Å²) >= 11 is 0. The number of rotatable bonds is 5. The summed E-state index contributed by atoms with van der Waals surface area (Å²) in [5.41, 5.74) is -0.495. The van der Waals surface area contributed by atoms with Crippen LogP contribution in [0.15, 0.2) is 36.5 Å². The maximum atomic E-state index is 15.2. The van der Waals surface area contributed by atoms with Gasteiger partial charge in [0.15, 0.2) is 17.5 Å². The zero-order valence-electron chi connectivity index (χ0n) is 22.8. The molecule has 0 radical (unpaired) electrons. The minimum Gasteiger partial charge on any atom is -0.507 e. The molecule has 7 nitrogen and oxygen atoms in total. The third-order valence-corrected chi connectivity index (χ3v) is 7.36. The summed E-state index contributed by atoms with van der Waals surface area (Å²) in [5.74, 6) is -2.77. The third kappa shape index (κ3) is 4.18. The van der Waals surface area contributed by atoms with E-state index in [1.807, 2.05) is 7.05 Å². The number of aromatic hydroxyl groups is 1. The smallest absolute Gasteiger partial charge is 0.213 e. The average Bonchev–Trinajstić information content (AvgIpc) is 3.07. The number of hydrogen-bond donors (Lipinski definition) is 2. The fourth-order valence-electron chi connectivity index (χ4n) is 5.63. The molecule has 4 heterocycles. The van der Waals surface area contributed by atoms with Crippen LogP contribution in [-0.4, -0.2) is 51.5 Å². The SMILES string of the molecule is [2H]C([2H])([2H])Oc1cc(-c2cc(O)c(-c3ccc(N(C)C4C[C@]5(C)CC[C@](C)(C4)N5)nn3)c(F)c2F)ccn1. The first-order chi connectivity index (χ1) is 17.8. The molecule has 184 valence electrons. The first-order valence-corrected chi connectivity index (χ1v) is 11.5. The van der Waals surface area contributed by atoms with Crippen LogP contribution in [0.3, 0.4) is 0 Å². The van der Waals surface area contributed by atoms with Crippen LogP contribution in [-0.2, 0) is 0 Å². The molecule has 2 aliphatic heterocycles. The summed E-state index contributed by atoms with van der Waals surface area (Å²) < 4.78 is 56.7. The summed E-state index contributed by atoms with van der Waals surface area (Å²) in [6, 6.07) is 6.99. The van der Waals surface area contributed by atoms with E-state index in [9.17, 15) is 5.11 Å². The fourth-order valence-corrected chi connectivity index (χ4v) is 5.63. The van der Waals surface area contributed by atoms with E-state index in [0.29, 0.717) is 5.82 Å². The number of nitrogens with zero attached hydrogens (tertiary/aromatic N) is 4. The number of phenolic OH excluding ortho intramolecular Hbond substituents is 1. The number of pyridine rings is 1. The molecular weight excluding hydrogens is 452 g/mol. The summed E-state index contributed by atoms with van der Waals surface area (Å²) in [6.45, 7) is 4.48. The molecule has 2 aromatic heterocycles. The minimum atomic E-state index is -2.76. The van der Waals surface area contributed by atoms with Gasteiger partial charge in [-0.3, -0.25) is 0 Å². The summed E-state index contributed by atoms with van der Waals surface area (Å²) in [4.78, 5) is 5.85. The number of phenols is 1. The number of piperidine rings is 1. The van der Waals surface area contributed by atoms with Gasteiger partial charge < -0.3 is 20.1 Å². The highest BCUT2D eigenvalue weighted by Gasteiger charge is 2.49. The Kier molecular flexibility index (Phi) is 4.79. The van der Waals surface area contributed by atoms with Crippen LogP contribution < -0.4 is 15.0 Å². The Morgan fingerprint density at radius 3 is 2.51 bits per heavy atom. The molecule has 2 fully saturated rings. The van der Waals surface area contributed by atoms with Crippen LogP contribution >= 0.6 is 0 Å². The maximum Gasteiger partial charge on any atom is 0.213 e. The van der Waals surface area contributed by atoms with Gasteiger partial charge in [-0.15, -0.1) is 10.2 Å². The number of ether oxygens (including phenoxy) is 1. The molecule has 0 saturated carbocycles. The predicted octanol–water partition coefficient (Wildman–Crippen LogP) is 4.70. The van der Waals surface area contributed by atoms with Crippen LogP contribution in [0.1, 0.15) is 43.6 Å². The molecule has 2 aliphatic rings. The Labute approximate surface area is 207 Å². The predicted molar refractivity (Wildman–Crippen MR) is 129 cm³/mol. The zero-order chi connectivity index (χ0) is 27.5. The van der Waals surface area contributed by atoms with Crippen molar-refractivity contribution >= 4 is 5.82 Å². The van der Waals surface area contributed by atoms with Gasteiger partial charge in [-0.2, -0.15) is 0 Å². The number of hydrogen-bond acceptors (Lipinski definition) is 7. The molecule has 2 saturated heterocycles. The number of fused-ring (bicyclic) bond motifs is 2. The van der Waals surface area contributed by atoms with Gasteiger partial charge in [0.25, 0.3) is 0 Å². The Balaban J connectivity index is 1.41. The zero-order valence-corrected chi connectivity index (χ0v) is 19.8. The normalized spacial score (nSPS) is 27.1. The largest absolute Gasteiger partial charge is 0.507 e. The van der Waals surface area contributed by atoms with Gasteiger partial charge in [0.05, 0.1) is 22.4 Å². The van der Waals surface area contributed by atoms with Crippen LogP contribution in [0.4, 0.5) is 14.6 Å². The highest BCUT2D eigenvalue weighted by Crippen LogP contribution is 2.44. The number of anilines is 1. The van der Waals surface area contributed by atoms with Crippen molar-refractivity contribution in [2.24, 2.45) is 0 Å². The van der Waals surface area contributed by atoms with Crippen molar-refractivity contribution in [1.82, 2.24) is 20.5 Å². The molecule has 0 aliphatic carbocycles. The van der Waals surface area contributed by atoms with Crippen molar-refractivity contribution in [3.05, 3.63) is 48.2 Å². The van der Waals surface area contributed by atoms with Gasteiger partial charge in [0, 0.05) is 42.0 Å². The second-order valence-electron chi connectivity index (χ2n) is 10.1. The summed E-state index contributed by atoms with van der Waals surface area (Å²) in [5, 5.41) is 22.8. The molecule has 2 N–H and O–H groups in total. The van der Waals surface area contributed by atoms with Crippen molar-refractivity contribution in [3.63, 3.8) is 0 Å². The van der Waals surface area contributed by atoms with Crippen LogP contribution in [0.2, 0.25) is 0 Å². The molecule has 3 atom stereocenters. The third-order valence-electron chi connectivity index (χ3n) is 7.36. The maximum absolute atomic E-state index is 15.2. The first-order valence-electron chi connectivity index (χ1n) is 13.0. The molecule has 1 aromatic carbocycles. The van der Waals surface area contributed by atoms with E-state index in [4.69, 9.17) is 8.85 Å². The van der Waals surface area contributed by atoms with E-state index in [1.165, 1.54) is 18.3 Å². The lowest BCUT2D eigenvalue weighted by Crippen LogP contribution is -2.58. The van der Waals surface area contributed by atoms with Gasteiger partial charge in [0.2, 0.25) is 5.88 Å². The second-order valence-corrected chi connectivity index (χ2v) is 10.1. The van der Waals surface area contributed by atoms with Crippen molar-refractivity contribution in [3.8, 4) is 34.0 Å². The molecule has 35 heavy (non-hydrogen) atoms. The molecule has 9 heteroatoms. The number of methoxy groups -OCH3 is 1. The Bertz CT molecular complexity index is 1360. The van der Waals surface area contributed by atoms with Crippen molar-refractivity contribution in [1.29, 1.82) is 0 Å². The summed E-state index contributed by atoms with van der Waals surface area (Å²) in [7, 11) is -0.805. The van der Waals surface area contributed by atoms with Crippen molar-refractivity contribution in [2.75, 3.05) is 19.0 Å². The van der Waals surface area contributed by atoms with E-state index in [-0.39, 0.29) is 39.8 Å². The quantitative estimate of drug-likeness (QED) is 0.543. The van der Waals surface area contributed by atoms with E-state index >= 15 is 8.78 Å². The Morgan fingerprint density at radius 1 is 1.11 bits per heavy atom. The second kappa shape index (κ2) is 8.41. The van der Waals surface area contributed by atoms with E-state index < -0.39 is 30.0 Å². The highest BCUT2D eigenvalue weighted by molar-refractivity contribution is 5.76. The molecule has 1 unspecified atom stereocenters. The van der Waals surface area contributed by atoms with Gasteiger partial charge >= 0.3 is 0 Å². The standard InChI is InChI=1S/C26H29F2N5O2/c1-25-8-9-26(2,32-25)14-16(13-25)33(3)20-6-5-18(30-31-20)22-19(34)12-17(23(27)24(22)28)15-7-10-29-21(11-15)35-4/h5-7,10-12,16,32,34H,8-9,13-14H2,1-4H3/t16?,25-,26+/i4D3. The number of halogens is 2. The topological polar surface area (TPSA) is 83.4 Å². The molecule has 3 aromatic rings. The van der Waals surface area contributed by atoms with Gasteiger partial charge in [-0.05, 0) is 69.4 Å². The Hall–Kier alpha value is -3.33. The van der Waals surface area contributed by atoms with Gasteiger partial charge in [-0.25, -0.2) is 13.8 Å². The van der Waals surface area contributed by atoms with Crippen molar-refractivity contribution < 1.29 is 22.7 Å². The Morgan fingerprint density at radius 2 is 1.86 bits per heavy atom. The number of aromatic nitrogens is 3. The van der Waals surface area contributed by atoms with Crippen LogP contribution in [0.5, 0.6) is 11.6 Å². The monoisotopic (exact) mass is 484 g/mol. The van der Waals surface area contributed by atoms with E-state index in [1.54, 1.807) is 6.07 Å². The number of nitrogens with one attached hydrogen (secondary N) is 1.